The molecular weight excluding hydrogens is 540 g/mol. The largest absolute Gasteiger partial charge is 0.486 e. The summed E-state index contributed by atoms with van der Waals surface area (Å²) < 4.78 is 16.9. The molecule has 1 spiro atoms. The van der Waals surface area contributed by atoms with Crippen LogP contribution in [0.5, 0.6) is 5.75 Å². The second kappa shape index (κ2) is 10.9. The molecular formula is C29H36N8O3S. The molecule has 0 aromatic carbocycles. The zero-order valence-corrected chi connectivity index (χ0v) is 24.1. The zero-order chi connectivity index (χ0) is 28.0. The molecule has 3 atom stereocenters. The summed E-state index contributed by atoms with van der Waals surface area (Å²) in [6.45, 7) is 4.21. The van der Waals surface area contributed by atoms with E-state index in [2.05, 4.69) is 25.8 Å². The fourth-order valence-corrected chi connectivity index (χ4v) is 7.75. The highest BCUT2D eigenvalue weighted by Gasteiger charge is 2.46. The summed E-state index contributed by atoms with van der Waals surface area (Å²) in [5, 5.41) is 0.660. The second-order valence-corrected chi connectivity index (χ2v) is 12.6. The number of hydrogen-bond acceptors (Lipinski definition) is 12. The van der Waals surface area contributed by atoms with E-state index in [1.165, 1.54) is 17.3 Å². The van der Waals surface area contributed by atoms with Gasteiger partial charge in [-0.25, -0.2) is 15.0 Å². The van der Waals surface area contributed by atoms with Crippen molar-refractivity contribution in [1.29, 1.82) is 0 Å². The quantitative estimate of drug-likeness (QED) is 0.316. The number of pyridine rings is 2. The van der Waals surface area contributed by atoms with Crippen molar-refractivity contribution in [3.63, 3.8) is 0 Å². The molecule has 2 saturated heterocycles. The van der Waals surface area contributed by atoms with Gasteiger partial charge in [0.25, 0.3) is 0 Å². The minimum atomic E-state index is 0.0301. The summed E-state index contributed by atoms with van der Waals surface area (Å²) in [7, 11) is 1.64. The van der Waals surface area contributed by atoms with Gasteiger partial charge in [-0.15, -0.1) is 0 Å². The van der Waals surface area contributed by atoms with E-state index in [1.54, 1.807) is 7.11 Å². The van der Waals surface area contributed by atoms with Crippen LogP contribution in [-0.2, 0) is 15.9 Å². The van der Waals surface area contributed by atoms with Gasteiger partial charge in [0.2, 0.25) is 0 Å². The molecule has 0 radical (unpaired) electrons. The average Bonchev–Trinajstić information content (AvgIpc) is 3.53. The average molecular weight is 577 g/mol. The highest BCUT2D eigenvalue weighted by atomic mass is 32.2. The minimum absolute atomic E-state index is 0.0301. The lowest BCUT2D eigenvalue weighted by Gasteiger charge is -2.42. The summed E-state index contributed by atoms with van der Waals surface area (Å²) in [5.74, 6) is 3.28. The fraction of sp³-hybridized carbons (Fsp3) is 0.517. The van der Waals surface area contributed by atoms with E-state index in [9.17, 15) is 0 Å². The number of ether oxygens (including phenoxy) is 3. The monoisotopic (exact) mass is 576 g/mol. The molecule has 3 aliphatic heterocycles. The van der Waals surface area contributed by atoms with Crippen LogP contribution in [0, 0.1) is 11.3 Å². The first-order valence-corrected chi connectivity index (χ1v) is 15.1. The van der Waals surface area contributed by atoms with Crippen molar-refractivity contribution in [2.75, 3.05) is 62.3 Å². The summed E-state index contributed by atoms with van der Waals surface area (Å²) in [6, 6.07) is 6.39. The number of aromatic nitrogens is 4. The molecule has 0 saturated carbocycles. The molecule has 3 aromatic heterocycles. The molecule has 4 aliphatic rings. The van der Waals surface area contributed by atoms with Crippen molar-refractivity contribution >= 4 is 29.2 Å². The van der Waals surface area contributed by atoms with E-state index < -0.39 is 0 Å². The van der Waals surface area contributed by atoms with E-state index in [4.69, 9.17) is 35.6 Å². The maximum absolute atomic E-state index is 6.73. The Kier molecular flexibility index (Phi) is 7.10. The van der Waals surface area contributed by atoms with Crippen LogP contribution < -0.4 is 26.0 Å². The SMILES string of the molecule is COCOC[C@H]1CC2COc3c(Sc4ncc(N5CCC6(CC5)Cc5ncccc5[C@H]6N)nc4N)ccnc3N2C1. The highest BCUT2D eigenvalue weighted by molar-refractivity contribution is 7.99. The predicted molar refractivity (Wildman–Crippen MR) is 156 cm³/mol. The summed E-state index contributed by atoms with van der Waals surface area (Å²) in [6.07, 6.45) is 9.45. The molecule has 0 bridgehead atoms. The first kappa shape index (κ1) is 26.7. The van der Waals surface area contributed by atoms with Gasteiger partial charge in [-0.1, -0.05) is 17.8 Å². The van der Waals surface area contributed by atoms with Crippen LogP contribution in [0.2, 0.25) is 0 Å². The Bertz CT molecular complexity index is 1420. The Labute approximate surface area is 244 Å². The Morgan fingerprint density at radius 3 is 2.85 bits per heavy atom. The molecule has 1 aliphatic carbocycles. The number of hydrogen-bond donors (Lipinski definition) is 2. The van der Waals surface area contributed by atoms with E-state index in [-0.39, 0.29) is 11.5 Å². The van der Waals surface area contributed by atoms with Gasteiger partial charge in [0.1, 0.15) is 24.2 Å². The number of anilines is 3. The van der Waals surface area contributed by atoms with Crippen LogP contribution in [0.25, 0.3) is 0 Å². The molecule has 3 aromatic rings. The molecule has 12 heteroatoms. The van der Waals surface area contributed by atoms with Crippen molar-refractivity contribution in [2.24, 2.45) is 17.1 Å². The number of fused-ring (bicyclic) bond motifs is 4. The van der Waals surface area contributed by atoms with Crippen molar-refractivity contribution in [1.82, 2.24) is 19.9 Å². The highest BCUT2D eigenvalue weighted by Crippen LogP contribution is 2.50. The Balaban J connectivity index is 1.02. The molecule has 2 fully saturated rings. The van der Waals surface area contributed by atoms with Crippen LogP contribution >= 0.6 is 11.8 Å². The topological polar surface area (TPSA) is 138 Å². The predicted octanol–water partition coefficient (Wildman–Crippen LogP) is 3.05. The first-order chi connectivity index (χ1) is 20.0. The zero-order valence-electron chi connectivity index (χ0n) is 23.2. The number of piperidine rings is 1. The van der Waals surface area contributed by atoms with Gasteiger partial charge < -0.3 is 35.5 Å². The Hall–Kier alpha value is -3.19. The van der Waals surface area contributed by atoms with E-state index in [0.29, 0.717) is 42.8 Å². The van der Waals surface area contributed by atoms with Crippen molar-refractivity contribution in [2.45, 2.75) is 47.7 Å². The van der Waals surface area contributed by atoms with Crippen LogP contribution in [-0.4, -0.2) is 72.7 Å². The maximum atomic E-state index is 6.73. The lowest BCUT2D eigenvalue weighted by atomic mass is 9.73. The number of rotatable bonds is 7. The van der Waals surface area contributed by atoms with Crippen molar-refractivity contribution < 1.29 is 14.2 Å². The summed E-state index contributed by atoms with van der Waals surface area (Å²) in [4.78, 5) is 24.3. The molecule has 11 nitrogen and oxygen atoms in total. The summed E-state index contributed by atoms with van der Waals surface area (Å²) in [5.41, 5.74) is 15.6. The number of nitrogens with two attached hydrogens (primary N) is 2. The molecule has 6 heterocycles. The third kappa shape index (κ3) is 4.86. The van der Waals surface area contributed by atoms with Crippen LogP contribution in [0.15, 0.2) is 46.7 Å². The molecule has 4 N–H and O–H groups in total. The normalized spacial score (nSPS) is 24.2. The van der Waals surface area contributed by atoms with Gasteiger partial charge in [-0.2, -0.15) is 0 Å². The van der Waals surface area contributed by atoms with Crippen molar-refractivity contribution in [3.8, 4) is 5.75 Å². The molecule has 216 valence electrons. The smallest absolute Gasteiger partial charge is 0.175 e. The Morgan fingerprint density at radius 2 is 2.05 bits per heavy atom. The summed E-state index contributed by atoms with van der Waals surface area (Å²) >= 11 is 1.47. The van der Waals surface area contributed by atoms with Gasteiger partial charge in [-0.05, 0) is 48.8 Å². The number of nitrogens with zero attached hydrogens (tertiary/aromatic N) is 6. The van der Waals surface area contributed by atoms with Gasteiger partial charge in [0.15, 0.2) is 17.4 Å². The first-order valence-electron chi connectivity index (χ1n) is 14.2. The standard InChI is InChI=1S/C29H36N8O3S/c1-38-17-39-15-18-11-19-16-40-24-22(4-8-33-27(24)37(19)14-18)41-28-26(31)35-23(13-34-28)36-9-5-29(6-10-36)12-21-20(25(29)30)3-2-7-32-21/h2-4,7-8,13,18-19,25H,5-6,9-12,14-17,30H2,1H3,(H2,31,35)/t18-,19?,25+/m0/s1. The molecule has 7 rings (SSSR count). The van der Waals surface area contributed by atoms with Gasteiger partial charge in [0, 0.05) is 56.8 Å². The number of nitrogen functional groups attached to an aromatic ring is 1. The van der Waals surface area contributed by atoms with Gasteiger partial charge in [-0.3, -0.25) is 4.98 Å². The van der Waals surface area contributed by atoms with Crippen LogP contribution in [0.4, 0.5) is 17.5 Å². The third-order valence-corrected chi connectivity index (χ3v) is 10.1. The molecule has 41 heavy (non-hydrogen) atoms. The van der Waals surface area contributed by atoms with Crippen LogP contribution in [0.3, 0.4) is 0 Å². The van der Waals surface area contributed by atoms with Crippen LogP contribution in [0.1, 0.15) is 36.6 Å². The Morgan fingerprint density at radius 1 is 1.17 bits per heavy atom. The minimum Gasteiger partial charge on any atom is -0.486 e. The van der Waals surface area contributed by atoms with Crippen molar-refractivity contribution in [3.05, 3.63) is 48.0 Å². The molecule has 0 amide bonds. The second-order valence-electron chi connectivity index (χ2n) is 11.5. The fourth-order valence-electron chi connectivity index (χ4n) is 6.91. The lowest BCUT2D eigenvalue weighted by molar-refractivity contribution is -0.0414. The van der Waals surface area contributed by atoms with Gasteiger partial charge in [0.05, 0.1) is 23.7 Å². The molecule has 1 unspecified atom stereocenters. The van der Waals surface area contributed by atoms with E-state index in [1.807, 2.05) is 30.7 Å². The number of methoxy groups -OCH3 is 1. The van der Waals surface area contributed by atoms with Gasteiger partial charge >= 0.3 is 0 Å². The van der Waals surface area contributed by atoms with E-state index in [0.717, 1.165) is 73.3 Å². The lowest BCUT2D eigenvalue weighted by Crippen LogP contribution is -2.44. The third-order valence-electron chi connectivity index (χ3n) is 9.08. The maximum Gasteiger partial charge on any atom is 0.175 e. The van der Waals surface area contributed by atoms with E-state index >= 15 is 0 Å².